The molecule has 3 atom stereocenters. The maximum absolute atomic E-state index is 13.5. The predicted molar refractivity (Wildman–Crippen MR) is 85.7 cm³/mol. The van der Waals surface area contributed by atoms with Gasteiger partial charge in [0.15, 0.2) is 0 Å². The lowest BCUT2D eigenvalue weighted by molar-refractivity contribution is -0.132. The third-order valence-electron chi connectivity index (χ3n) is 3.98. The van der Waals surface area contributed by atoms with E-state index in [1.54, 1.807) is 17.8 Å². The minimum atomic E-state index is -0.265. The van der Waals surface area contributed by atoms with E-state index in [1.807, 2.05) is 17.9 Å². The molecule has 1 aliphatic heterocycles. The number of halogens is 1. The Morgan fingerprint density at radius 1 is 1.48 bits per heavy atom. The molecular weight excluding hydrogens is 287 g/mol. The van der Waals surface area contributed by atoms with Gasteiger partial charge in [-0.2, -0.15) is 11.8 Å². The molecule has 0 radical (unpaired) electrons. The van der Waals surface area contributed by atoms with E-state index < -0.39 is 0 Å². The van der Waals surface area contributed by atoms with Gasteiger partial charge < -0.3 is 4.90 Å². The van der Waals surface area contributed by atoms with Gasteiger partial charge in [-0.15, -0.1) is 0 Å². The summed E-state index contributed by atoms with van der Waals surface area (Å²) < 4.78 is 13.5. The van der Waals surface area contributed by atoms with Crippen molar-refractivity contribution in [3.63, 3.8) is 0 Å². The highest BCUT2D eigenvalue weighted by atomic mass is 32.2. The van der Waals surface area contributed by atoms with E-state index in [9.17, 15) is 9.18 Å². The second kappa shape index (κ2) is 7.27. The number of carbonyl (C=O) groups is 1. The molecule has 1 N–H and O–H groups in total. The zero-order chi connectivity index (χ0) is 15.4. The van der Waals surface area contributed by atoms with Crippen molar-refractivity contribution in [1.82, 2.24) is 10.2 Å². The first-order chi connectivity index (χ1) is 10.1. The molecule has 116 valence electrons. The van der Waals surface area contributed by atoms with E-state index in [0.717, 1.165) is 24.2 Å². The number of rotatable bonds is 6. The van der Waals surface area contributed by atoms with Gasteiger partial charge in [0.05, 0.1) is 6.04 Å². The first kappa shape index (κ1) is 16.3. The number of hydrogen-bond acceptors (Lipinski definition) is 3. The number of carbonyl (C=O) groups excluding carboxylic acids is 1. The topological polar surface area (TPSA) is 32.3 Å². The predicted octanol–water partition coefficient (Wildman–Crippen LogP) is 3.18. The van der Waals surface area contributed by atoms with Crippen LogP contribution in [0.2, 0.25) is 0 Å². The lowest BCUT2D eigenvalue weighted by atomic mass is 10.1. The second-order valence-electron chi connectivity index (χ2n) is 5.46. The molecule has 0 aliphatic carbocycles. The maximum atomic E-state index is 13.5. The molecule has 0 aromatic heterocycles. The van der Waals surface area contributed by atoms with Crippen molar-refractivity contribution in [1.29, 1.82) is 0 Å². The molecule has 5 heteroatoms. The maximum Gasteiger partial charge on any atom is 0.241 e. The summed E-state index contributed by atoms with van der Waals surface area (Å²) in [6.45, 7) is 4.06. The normalized spacial score (nSPS) is 23.6. The fourth-order valence-electron chi connectivity index (χ4n) is 2.77. The van der Waals surface area contributed by atoms with Gasteiger partial charge in [0.2, 0.25) is 5.91 Å². The molecule has 21 heavy (non-hydrogen) atoms. The molecule has 0 spiro atoms. The Kier molecular flexibility index (Phi) is 5.65. The zero-order valence-electron chi connectivity index (χ0n) is 12.8. The number of amides is 1. The van der Waals surface area contributed by atoms with Gasteiger partial charge in [-0.05, 0) is 49.5 Å². The Morgan fingerprint density at radius 2 is 2.24 bits per heavy atom. The van der Waals surface area contributed by atoms with Crippen molar-refractivity contribution < 1.29 is 9.18 Å². The molecule has 1 saturated heterocycles. The highest BCUT2D eigenvalue weighted by Crippen LogP contribution is 2.30. The van der Waals surface area contributed by atoms with Crippen molar-refractivity contribution in [3.05, 3.63) is 35.6 Å². The molecule has 0 bridgehead atoms. The van der Waals surface area contributed by atoms with Crippen LogP contribution in [0.5, 0.6) is 0 Å². The molecule has 1 heterocycles. The van der Waals surface area contributed by atoms with Crippen molar-refractivity contribution in [2.24, 2.45) is 0 Å². The van der Waals surface area contributed by atoms with Gasteiger partial charge in [-0.1, -0.05) is 19.1 Å². The molecule has 1 aliphatic rings. The highest BCUT2D eigenvalue weighted by molar-refractivity contribution is 7.98. The molecule has 2 rings (SSSR count). The first-order valence-corrected chi connectivity index (χ1v) is 8.80. The molecule has 1 fully saturated rings. The average Bonchev–Trinajstić information content (AvgIpc) is 2.81. The first-order valence-electron chi connectivity index (χ1n) is 7.41. The Labute approximate surface area is 130 Å². The average molecular weight is 310 g/mol. The van der Waals surface area contributed by atoms with Crippen LogP contribution in [0.4, 0.5) is 4.39 Å². The van der Waals surface area contributed by atoms with E-state index >= 15 is 0 Å². The van der Waals surface area contributed by atoms with Crippen LogP contribution in [0.15, 0.2) is 24.3 Å². The number of benzene rings is 1. The van der Waals surface area contributed by atoms with Crippen LogP contribution in [-0.4, -0.2) is 34.9 Å². The summed E-state index contributed by atoms with van der Waals surface area (Å²) in [5, 5.41) is 3.34. The third-order valence-corrected chi connectivity index (χ3v) is 4.62. The quantitative estimate of drug-likeness (QED) is 0.876. The Hall–Kier alpha value is -1.07. The van der Waals surface area contributed by atoms with Crippen LogP contribution in [0.25, 0.3) is 0 Å². The summed E-state index contributed by atoms with van der Waals surface area (Å²) in [5.74, 6) is 0.871. The Balaban J connectivity index is 2.26. The molecule has 1 amide bonds. The summed E-state index contributed by atoms with van der Waals surface area (Å²) >= 11 is 1.78. The van der Waals surface area contributed by atoms with Crippen molar-refractivity contribution >= 4 is 17.7 Å². The second-order valence-corrected chi connectivity index (χ2v) is 6.45. The van der Waals surface area contributed by atoms with E-state index in [2.05, 4.69) is 18.5 Å². The molecule has 1 aromatic carbocycles. The highest BCUT2D eigenvalue weighted by Gasteiger charge is 2.40. The SMILES string of the molecule is CCC1NC(c2cccc(F)c2)N(C(C)CCSC)C1=O. The van der Waals surface area contributed by atoms with Crippen LogP contribution in [0.3, 0.4) is 0 Å². The zero-order valence-corrected chi connectivity index (χ0v) is 13.6. The van der Waals surface area contributed by atoms with E-state index in [1.165, 1.54) is 12.1 Å². The molecule has 1 aromatic rings. The summed E-state index contributed by atoms with van der Waals surface area (Å²) in [4.78, 5) is 14.5. The number of thioether (sulfide) groups is 1. The third kappa shape index (κ3) is 3.58. The Bertz CT molecular complexity index is 497. The summed E-state index contributed by atoms with van der Waals surface area (Å²) in [5.41, 5.74) is 0.815. The number of hydrogen-bond donors (Lipinski definition) is 1. The van der Waals surface area contributed by atoms with Crippen molar-refractivity contribution in [3.8, 4) is 0 Å². The fourth-order valence-corrected chi connectivity index (χ4v) is 3.35. The summed E-state index contributed by atoms with van der Waals surface area (Å²) in [7, 11) is 0. The molecular formula is C16H23FN2OS. The minimum absolute atomic E-state index is 0.125. The van der Waals surface area contributed by atoms with Crippen LogP contribution >= 0.6 is 11.8 Å². The van der Waals surface area contributed by atoms with Crippen LogP contribution < -0.4 is 5.32 Å². The van der Waals surface area contributed by atoms with E-state index in [4.69, 9.17) is 0 Å². The smallest absolute Gasteiger partial charge is 0.241 e. The lowest BCUT2D eigenvalue weighted by Gasteiger charge is -2.30. The van der Waals surface area contributed by atoms with Gasteiger partial charge in [0, 0.05) is 6.04 Å². The fraction of sp³-hybridized carbons (Fsp3) is 0.562. The molecule has 0 saturated carbocycles. The molecule has 3 unspecified atom stereocenters. The van der Waals surface area contributed by atoms with Gasteiger partial charge in [0.25, 0.3) is 0 Å². The molecule has 3 nitrogen and oxygen atoms in total. The van der Waals surface area contributed by atoms with Crippen LogP contribution in [-0.2, 0) is 4.79 Å². The summed E-state index contributed by atoms with van der Waals surface area (Å²) in [6, 6.07) is 6.48. The number of nitrogens with one attached hydrogen (secondary N) is 1. The largest absolute Gasteiger partial charge is 0.319 e. The van der Waals surface area contributed by atoms with Crippen LogP contribution in [0.1, 0.15) is 38.4 Å². The standard InChI is InChI=1S/C16H23FN2OS/c1-4-14-16(20)19(11(2)8-9-21-3)15(18-14)12-6-5-7-13(17)10-12/h5-7,10-11,14-15,18H,4,8-9H2,1-3H3. The monoisotopic (exact) mass is 310 g/mol. The van der Waals surface area contributed by atoms with E-state index in [-0.39, 0.29) is 30.0 Å². The minimum Gasteiger partial charge on any atom is -0.319 e. The lowest BCUT2D eigenvalue weighted by Crippen LogP contribution is -2.38. The van der Waals surface area contributed by atoms with Gasteiger partial charge >= 0.3 is 0 Å². The van der Waals surface area contributed by atoms with Gasteiger partial charge in [-0.3, -0.25) is 10.1 Å². The Morgan fingerprint density at radius 3 is 2.86 bits per heavy atom. The van der Waals surface area contributed by atoms with E-state index in [0.29, 0.717) is 0 Å². The summed E-state index contributed by atoms with van der Waals surface area (Å²) in [6.07, 6.45) is 3.53. The van der Waals surface area contributed by atoms with Gasteiger partial charge in [0.1, 0.15) is 12.0 Å². The van der Waals surface area contributed by atoms with Crippen molar-refractivity contribution in [2.75, 3.05) is 12.0 Å². The van der Waals surface area contributed by atoms with Gasteiger partial charge in [-0.25, -0.2) is 4.39 Å². The van der Waals surface area contributed by atoms with Crippen molar-refractivity contribution in [2.45, 2.75) is 44.9 Å². The van der Waals surface area contributed by atoms with Crippen LogP contribution in [0, 0.1) is 5.82 Å². The number of nitrogens with zero attached hydrogens (tertiary/aromatic N) is 1.